The summed E-state index contributed by atoms with van der Waals surface area (Å²) in [6, 6.07) is 11.7. The number of rotatable bonds is 19. The quantitative estimate of drug-likeness (QED) is 0.130. The number of nitrogens with zero attached hydrogens (tertiary/aromatic N) is 1. The molecule has 0 spiro atoms. The van der Waals surface area contributed by atoms with Crippen molar-refractivity contribution in [2.24, 2.45) is 11.7 Å². The van der Waals surface area contributed by atoms with Crippen LogP contribution in [0.25, 0.3) is 0 Å². The van der Waals surface area contributed by atoms with Crippen molar-refractivity contribution in [3.8, 4) is 0 Å². The number of hydrogen-bond acceptors (Lipinski definition) is 9. The molecular formula is C39H56N6O9S. The second-order valence-corrected chi connectivity index (χ2v) is 17.2. The Kier molecular flexibility index (Phi) is 16.4. The summed E-state index contributed by atoms with van der Waals surface area (Å²) in [5.74, 6) is -4.57. The van der Waals surface area contributed by atoms with Crippen molar-refractivity contribution in [2.75, 3.05) is 12.3 Å². The van der Waals surface area contributed by atoms with Crippen LogP contribution in [0.2, 0.25) is 0 Å². The first-order valence-corrected chi connectivity index (χ1v) is 20.2. The molecule has 2 aromatic rings. The van der Waals surface area contributed by atoms with Gasteiger partial charge in [-0.25, -0.2) is 13.1 Å². The van der Waals surface area contributed by atoms with E-state index in [1.807, 2.05) is 13.8 Å². The molecule has 55 heavy (non-hydrogen) atoms. The van der Waals surface area contributed by atoms with Crippen molar-refractivity contribution < 1.29 is 41.9 Å². The van der Waals surface area contributed by atoms with Crippen molar-refractivity contribution in [3.05, 3.63) is 71.8 Å². The summed E-state index contributed by atoms with van der Waals surface area (Å²) in [5, 5.41) is 7.82. The molecule has 3 rings (SSSR count). The van der Waals surface area contributed by atoms with Gasteiger partial charge in [-0.2, -0.15) is 0 Å². The van der Waals surface area contributed by atoms with Gasteiger partial charge in [0.05, 0.1) is 12.2 Å². The summed E-state index contributed by atoms with van der Waals surface area (Å²) in [6.45, 7) is 10.4. The SMILES string of the molecule is CC(=O)N[C@@H](CC(C)C)C(=O)N1CCC[C@H]1CS(=O)(=O)N[C@@H](Cc1ccccc1)C(=O)N[C@@H](Cc1ccccc1)C(=O)N[C@@H](CC(=O)OC(C)(C)C)C(N)=O. The highest BCUT2D eigenvalue weighted by atomic mass is 32.2. The van der Waals surface area contributed by atoms with Crippen molar-refractivity contribution in [3.63, 3.8) is 0 Å². The number of likely N-dealkylation sites (tertiary alicyclic amines) is 1. The van der Waals surface area contributed by atoms with E-state index in [1.54, 1.807) is 81.4 Å². The Labute approximate surface area is 323 Å². The van der Waals surface area contributed by atoms with E-state index in [2.05, 4.69) is 20.7 Å². The molecule has 0 saturated carbocycles. The molecular weight excluding hydrogens is 729 g/mol. The van der Waals surface area contributed by atoms with Gasteiger partial charge in [0.25, 0.3) is 0 Å². The molecule has 1 fully saturated rings. The minimum Gasteiger partial charge on any atom is -0.460 e. The van der Waals surface area contributed by atoms with Gasteiger partial charge < -0.3 is 31.3 Å². The molecule has 0 unspecified atom stereocenters. The minimum absolute atomic E-state index is 0.0495. The summed E-state index contributed by atoms with van der Waals surface area (Å²) >= 11 is 0. The van der Waals surface area contributed by atoms with Gasteiger partial charge in [-0.05, 0) is 63.5 Å². The van der Waals surface area contributed by atoms with Crippen LogP contribution < -0.4 is 26.4 Å². The van der Waals surface area contributed by atoms with E-state index in [9.17, 15) is 37.2 Å². The Morgan fingerprint density at radius 2 is 1.35 bits per heavy atom. The molecule has 1 saturated heterocycles. The van der Waals surface area contributed by atoms with Gasteiger partial charge in [0.2, 0.25) is 39.6 Å². The van der Waals surface area contributed by atoms with Crippen LogP contribution in [0.5, 0.6) is 0 Å². The van der Waals surface area contributed by atoms with Crippen molar-refractivity contribution in [1.29, 1.82) is 0 Å². The van der Waals surface area contributed by atoms with Crippen molar-refractivity contribution in [2.45, 2.75) is 116 Å². The zero-order valence-electron chi connectivity index (χ0n) is 32.5. The number of esters is 1. The fraction of sp³-hybridized carbons (Fsp3) is 0.538. The van der Waals surface area contributed by atoms with E-state index in [-0.39, 0.29) is 30.6 Å². The largest absolute Gasteiger partial charge is 0.460 e. The van der Waals surface area contributed by atoms with E-state index in [0.29, 0.717) is 36.9 Å². The molecule has 6 N–H and O–H groups in total. The number of nitrogens with one attached hydrogen (secondary N) is 4. The molecule has 1 heterocycles. The zero-order chi connectivity index (χ0) is 40.9. The Balaban J connectivity index is 1.87. The molecule has 1 aliphatic rings. The first-order chi connectivity index (χ1) is 25.7. The third-order valence-electron chi connectivity index (χ3n) is 8.74. The average Bonchev–Trinajstić information content (AvgIpc) is 3.53. The molecule has 0 aromatic heterocycles. The molecule has 5 atom stereocenters. The number of benzene rings is 2. The molecule has 16 heteroatoms. The van der Waals surface area contributed by atoms with Gasteiger partial charge in [0.1, 0.15) is 29.8 Å². The van der Waals surface area contributed by atoms with Crippen LogP contribution in [-0.2, 0) is 56.4 Å². The predicted molar refractivity (Wildman–Crippen MR) is 206 cm³/mol. The predicted octanol–water partition coefficient (Wildman–Crippen LogP) is 1.49. The summed E-state index contributed by atoms with van der Waals surface area (Å²) < 4.78 is 35.5. The lowest BCUT2D eigenvalue weighted by molar-refractivity contribution is -0.156. The summed E-state index contributed by atoms with van der Waals surface area (Å²) in [6.07, 6.45) is 0.660. The molecule has 302 valence electrons. The molecule has 5 amide bonds. The zero-order valence-corrected chi connectivity index (χ0v) is 33.3. The topological polar surface area (TPSA) is 223 Å². The number of carbonyl (C=O) groups is 6. The summed E-state index contributed by atoms with van der Waals surface area (Å²) in [5.41, 5.74) is 5.96. The molecule has 0 bridgehead atoms. The van der Waals surface area contributed by atoms with Gasteiger partial charge in [0.15, 0.2) is 0 Å². The lowest BCUT2D eigenvalue weighted by Gasteiger charge is -2.30. The molecule has 15 nitrogen and oxygen atoms in total. The van der Waals surface area contributed by atoms with Gasteiger partial charge in [-0.1, -0.05) is 74.5 Å². The van der Waals surface area contributed by atoms with Crippen LogP contribution in [0.15, 0.2) is 60.7 Å². The molecule has 0 radical (unpaired) electrons. The number of carbonyl (C=O) groups excluding carboxylic acids is 6. The first kappa shape index (κ1) is 44.6. The fourth-order valence-corrected chi connectivity index (χ4v) is 7.94. The van der Waals surface area contributed by atoms with Crippen LogP contribution in [0, 0.1) is 5.92 Å². The van der Waals surface area contributed by atoms with Crippen molar-refractivity contribution >= 4 is 45.5 Å². The van der Waals surface area contributed by atoms with E-state index >= 15 is 0 Å². The third-order valence-corrected chi connectivity index (χ3v) is 10.2. The number of amides is 5. The Morgan fingerprint density at radius 3 is 1.85 bits per heavy atom. The number of primary amides is 1. The molecule has 0 aliphatic carbocycles. The van der Waals surface area contributed by atoms with Gasteiger partial charge in [0, 0.05) is 25.9 Å². The number of hydrogen-bond donors (Lipinski definition) is 5. The standard InChI is InChI=1S/C39H56N6O9S/c1-25(2)20-33(41-26(3)46)38(51)45-19-13-18-29(45)24-55(52,53)44-32(22-28-16-11-8-12-17-28)37(50)43-31(21-27-14-9-7-10-15-27)36(49)42-30(35(40)48)23-34(47)54-39(4,5)6/h7-12,14-17,25,29-33,44H,13,18-24H2,1-6H3,(H2,40,48)(H,41,46)(H,42,49)(H,43,50)/t29-,30-,31-,32-,33-/m0/s1. The lowest BCUT2D eigenvalue weighted by Crippen LogP contribution is -2.58. The second kappa shape index (κ2) is 20.2. The van der Waals surface area contributed by atoms with Crippen LogP contribution in [0.4, 0.5) is 0 Å². The average molecular weight is 785 g/mol. The normalized spacial score (nSPS) is 16.7. The highest BCUT2D eigenvalue weighted by molar-refractivity contribution is 7.89. The second-order valence-electron chi connectivity index (χ2n) is 15.4. The maximum atomic E-state index is 14.1. The van der Waals surface area contributed by atoms with Crippen molar-refractivity contribution in [1.82, 2.24) is 25.6 Å². The maximum Gasteiger partial charge on any atom is 0.308 e. The number of nitrogens with two attached hydrogens (primary N) is 1. The third kappa shape index (κ3) is 15.4. The van der Waals surface area contributed by atoms with Gasteiger partial charge in [-0.3, -0.25) is 28.8 Å². The summed E-state index contributed by atoms with van der Waals surface area (Å²) in [7, 11) is -4.25. The summed E-state index contributed by atoms with van der Waals surface area (Å²) in [4.78, 5) is 79.7. The minimum atomic E-state index is -4.25. The van der Waals surface area contributed by atoms with E-state index in [0.717, 1.165) is 0 Å². The molecule has 1 aliphatic heterocycles. The fourth-order valence-electron chi connectivity index (χ4n) is 6.37. The van der Waals surface area contributed by atoms with Crippen LogP contribution in [0.1, 0.15) is 78.4 Å². The van der Waals surface area contributed by atoms with E-state index in [4.69, 9.17) is 10.5 Å². The number of ether oxygens (including phenoxy) is 1. The Hall–Kier alpha value is -4.83. The lowest BCUT2D eigenvalue weighted by atomic mass is 10.0. The highest BCUT2D eigenvalue weighted by Crippen LogP contribution is 2.22. The van der Waals surface area contributed by atoms with Gasteiger partial charge >= 0.3 is 5.97 Å². The monoisotopic (exact) mass is 784 g/mol. The van der Waals surface area contributed by atoms with Gasteiger partial charge in [-0.15, -0.1) is 0 Å². The Bertz CT molecular complexity index is 1750. The maximum absolute atomic E-state index is 14.1. The smallest absolute Gasteiger partial charge is 0.308 e. The number of sulfonamides is 1. The van der Waals surface area contributed by atoms with E-state index in [1.165, 1.54) is 11.8 Å². The molecule has 2 aromatic carbocycles. The van der Waals surface area contributed by atoms with Crippen LogP contribution >= 0.6 is 0 Å². The highest BCUT2D eigenvalue weighted by Gasteiger charge is 2.38. The van der Waals surface area contributed by atoms with Crippen LogP contribution in [0.3, 0.4) is 0 Å². The van der Waals surface area contributed by atoms with E-state index < -0.39 is 81.7 Å². The Morgan fingerprint density at radius 1 is 0.818 bits per heavy atom. The van der Waals surface area contributed by atoms with Crippen LogP contribution in [-0.4, -0.2) is 96.9 Å². The first-order valence-electron chi connectivity index (χ1n) is 18.5.